The summed E-state index contributed by atoms with van der Waals surface area (Å²) in [6, 6.07) is 1.34. The summed E-state index contributed by atoms with van der Waals surface area (Å²) in [5.41, 5.74) is -2.21. The van der Waals surface area contributed by atoms with Gasteiger partial charge in [0.15, 0.2) is 5.82 Å². The van der Waals surface area contributed by atoms with Crippen molar-refractivity contribution < 1.29 is 23.0 Å². The Balaban J connectivity index is 1.81. The van der Waals surface area contributed by atoms with Gasteiger partial charge in [0.2, 0.25) is 12.4 Å². The highest BCUT2D eigenvalue weighted by Gasteiger charge is 2.51. The summed E-state index contributed by atoms with van der Waals surface area (Å²) in [5, 5.41) is 26.5. The van der Waals surface area contributed by atoms with Gasteiger partial charge in [-0.2, -0.15) is 5.26 Å². The summed E-state index contributed by atoms with van der Waals surface area (Å²) in [6.45, 7) is 0.615. The number of nitriles is 1. The highest BCUT2D eigenvalue weighted by Crippen LogP contribution is 2.50. The molecule has 2 aliphatic rings. The van der Waals surface area contributed by atoms with Gasteiger partial charge in [-0.1, -0.05) is 6.42 Å². The van der Waals surface area contributed by atoms with Crippen molar-refractivity contribution in [3.63, 3.8) is 0 Å². The van der Waals surface area contributed by atoms with Crippen LogP contribution in [0.25, 0.3) is 5.52 Å². The van der Waals surface area contributed by atoms with Crippen molar-refractivity contribution in [3.8, 4) is 6.07 Å². The van der Waals surface area contributed by atoms with Crippen LogP contribution in [0.5, 0.6) is 0 Å². The molecule has 2 aromatic heterocycles. The summed E-state index contributed by atoms with van der Waals surface area (Å²) in [4.78, 5) is 4.02. The van der Waals surface area contributed by atoms with Crippen molar-refractivity contribution in [1.29, 1.82) is 5.26 Å². The molecular formula is C17H18F3N5O2. The first-order valence-corrected chi connectivity index (χ1v) is 8.76. The van der Waals surface area contributed by atoms with E-state index >= 15 is 0 Å². The minimum Gasteiger partial charge on any atom is -0.389 e. The van der Waals surface area contributed by atoms with Gasteiger partial charge in [0.1, 0.15) is 17.1 Å². The van der Waals surface area contributed by atoms with Gasteiger partial charge in [-0.25, -0.2) is 22.7 Å². The number of ether oxygens (including phenoxy) is 1. The fourth-order valence-corrected chi connectivity index (χ4v) is 3.81. The van der Waals surface area contributed by atoms with E-state index in [4.69, 9.17) is 4.74 Å². The van der Waals surface area contributed by atoms with Crippen LogP contribution in [-0.4, -0.2) is 51.5 Å². The van der Waals surface area contributed by atoms with Gasteiger partial charge in [0, 0.05) is 6.61 Å². The van der Waals surface area contributed by atoms with Crippen LogP contribution in [0.1, 0.15) is 36.9 Å². The van der Waals surface area contributed by atoms with E-state index in [0.29, 0.717) is 19.4 Å². The third kappa shape index (κ3) is 2.73. The molecule has 10 heteroatoms. The van der Waals surface area contributed by atoms with Crippen molar-refractivity contribution in [1.82, 2.24) is 14.6 Å². The van der Waals surface area contributed by atoms with Crippen LogP contribution in [0.3, 0.4) is 0 Å². The summed E-state index contributed by atoms with van der Waals surface area (Å²) < 4.78 is 48.6. The summed E-state index contributed by atoms with van der Waals surface area (Å²) >= 11 is 0. The number of aliphatic hydroxyl groups is 1. The molecule has 2 atom stereocenters. The van der Waals surface area contributed by atoms with Gasteiger partial charge in [-0.15, -0.1) is 5.10 Å². The molecule has 1 saturated heterocycles. The number of rotatable bonds is 4. The Labute approximate surface area is 152 Å². The van der Waals surface area contributed by atoms with E-state index in [1.807, 2.05) is 0 Å². The van der Waals surface area contributed by atoms with Crippen molar-refractivity contribution in [2.45, 2.75) is 49.7 Å². The second kappa shape index (κ2) is 6.65. The molecule has 4 rings (SSSR count). The predicted molar refractivity (Wildman–Crippen MR) is 88.0 cm³/mol. The van der Waals surface area contributed by atoms with Gasteiger partial charge in [0.25, 0.3) is 0 Å². The number of hydrogen-bond acceptors (Lipinski definition) is 6. The van der Waals surface area contributed by atoms with Crippen LogP contribution in [0.15, 0.2) is 6.20 Å². The van der Waals surface area contributed by atoms with E-state index in [1.165, 1.54) is 6.20 Å². The Kier molecular flexibility index (Phi) is 4.44. The monoisotopic (exact) mass is 381 g/mol. The zero-order chi connectivity index (χ0) is 19.2. The van der Waals surface area contributed by atoms with Crippen LogP contribution in [0.4, 0.5) is 19.1 Å². The molecule has 2 fully saturated rings. The summed E-state index contributed by atoms with van der Waals surface area (Å²) in [6.07, 6.45) is -0.924. The summed E-state index contributed by atoms with van der Waals surface area (Å²) in [5.74, 6) is -0.824. The Morgan fingerprint density at radius 3 is 2.81 bits per heavy atom. The largest absolute Gasteiger partial charge is 0.389 e. The molecule has 0 bridgehead atoms. The van der Waals surface area contributed by atoms with E-state index in [-0.39, 0.29) is 42.6 Å². The number of hydrogen-bond donors (Lipinski definition) is 2. The van der Waals surface area contributed by atoms with Gasteiger partial charge in [-0.3, -0.25) is 0 Å². The Morgan fingerprint density at radius 1 is 1.44 bits per heavy atom. The molecule has 3 heterocycles. The lowest BCUT2D eigenvalue weighted by molar-refractivity contribution is -0.0136. The van der Waals surface area contributed by atoms with Crippen molar-refractivity contribution in [2.24, 2.45) is 0 Å². The molecule has 27 heavy (non-hydrogen) atoms. The molecule has 0 radical (unpaired) electrons. The number of nitrogens with zero attached hydrogens (tertiary/aromatic N) is 4. The highest BCUT2D eigenvalue weighted by molar-refractivity contribution is 5.60. The average molecular weight is 381 g/mol. The molecule has 1 aliphatic carbocycles. The van der Waals surface area contributed by atoms with E-state index in [0.717, 1.165) is 4.52 Å². The second-order valence-electron chi connectivity index (χ2n) is 7.02. The quantitative estimate of drug-likeness (QED) is 0.841. The van der Waals surface area contributed by atoms with Crippen LogP contribution < -0.4 is 5.32 Å². The third-order valence-corrected chi connectivity index (χ3v) is 5.51. The lowest BCUT2D eigenvalue weighted by Crippen LogP contribution is -2.43. The standard InChI is InChI=1S/C17H18F3N5O2/c18-13-9(6-21)14(17(15(19)20)3-1-4-17)25-11(13)7-22-16(24-25)23-10-2-5-27-8-12(10)26/h7,10,12,15,26H,1-5,8H2,(H,23,24)/t10-,12-/m1/s1. The molecule has 144 valence electrons. The van der Waals surface area contributed by atoms with E-state index in [2.05, 4.69) is 15.4 Å². The van der Waals surface area contributed by atoms with Crippen LogP contribution in [-0.2, 0) is 10.2 Å². The first kappa shape index (κ1) is 18.0. The number of fused-ring (bicyclic) bond motifs is 1. The van der Waals surface area contributed by atoms with Gasteiger partial charge in [0.05, 0.1) is 36.1 Å². The maximum absolute atomic E-state index is 14.7. The summed E-state index contributed by atoms with van der Waals surface area (Å²) in [7, 11) is 0. The smallest absolute Gasteiger partial charge is 0.249 e. The number of aromatic nitrogens is 3. The molecular weight excluding hydrogens is 363 g/mol. The first-order chi connectivity index (χ1) is 13.0. The molecule has 0 spiro atoms. The molecule has 2 aromatic rings. The van der Waals surface area contributed by atoms with Crippen LogP contribution in [0, 0.1) is 17.1 Å². The second-order valence-corrected chi connectivity index (χ2v) is 7.02. The van der Waals surface area contributed by atoms with Gasteiger partial charge < -0.3 is 15.2 Å². The maximum atomic E-state index is 14.7. The number of halogens is 3. The average Bonchev–Trinajstić information content (AvgIpc) is 2.88. The molecule has 0 aromatic carbocycles. The topological polar surface area (TPSA) is 95.5 Å². The molecule has 7 nitrogen and oxygen atoms in total. The van der Waals surface area contributed by atoms with Gasteiger partial charge >= 0.3 is 0 Å². The lowest BCUT2D eigenvalue weighted by atomic mass is 9.66. The maximum Gasteiger partial charge on any atom is 0.249 e. The molecule has 1 saturated carbocycles. The normalized spacial score (nSPS) is 24.6. The minimum atomic E-state index is -2.74. The molecule has 0 unspecified atom stereocenters. The van der Waals surface area contributed by atoms with Gasteiger partial charge in [-0.05, 0) is 19.3 Å². The highest BCUT2D eigenvalue weighted by atomic mass is 19.3. The molecule has 0 amide bonds. The lowest BCUT2D eigenvalue weighted by Gasteiger charge is -2.40. The Hall–Kier alpha value is -2.38. The minimum absolute atomic E-state index is 0.0675. The molecule has 2 N–H and O–H groups in total. The van der Waals surface area contributed by atoms with Crippen LogP contribution in [0.2, 0.25) is 0 Å². The Morgan fingerprint density at radius 2 is 2.22 bits per heavy atom. The zero-order valence-corrected chi connectivity index (χ0v) is 14.3. The predicted octanol–water partition coefficient (Wildman–Crippen LogP) is 1.99. The third-order valence-electron chi connectivity index (χ3n) is 5.51. The number of alkyl halides is 2. The van der Waals surface area contributed by atoms with E-state index in [1.54, 1.807) is 6.07 Å². The number of aliphatic hydroxyl groups excluding tert-OH is 1. The van der Waals surface area contributed by atoms with Crippen LogP contribution >= 0.6 is 0 Å². The SMILES string of the molecule is N#Cc1c(F)c2cnc(N[C@@H]3CCOC[C@H]3O)nn2c1C1(C(F)F)CCC1. The van der Waals surface area contributed by atoms with Crippen molar-refractivity contribution in [2.75, 3.05) is 18.5 Å². The van der Waals surface area contributed by atoms with E-state index in [9.17, 15) is 23.5 Å². The zero-order valence-electron chi connectivity index (χ0n) is 14.3. The Bertz CT molecular complexity index is 906. The number of anilines is 1. The fraction of sp³-hybridized carbons (Fsp3) is 0.588. The first-order valence-electron chi connectivity index (χ1n) is 8.76. The fourth-order valence-electron chi connectivity index (χ4n) is 3.81. The molecule has 1 aliphatic heterocycles. The van der Waals surface area contributed by atoms with Crippen molar-refractivity contribution in [3.05, 3.63) is 23.3 Å². The van der Waals surface area contributed by atoms with Crippen molar-refractivity contribution >= 4 is 11.5 Å². The number of nitrogens with one attached hydrogen (secondary N) is 1. The van der Waals surface area contributed by atoms with E-state index < -0.39 is 29.3 Å².